The van der Waals surface area contributed by atoms with Gasteiger partial charge >= 0.3 is 0 Å². The molecule has 0 bridgehead atoms. The third-order valence-corrected chi connectivity index (χ3v) is 6.42. The summed E-state index contributed by atoms with van der Waals surface area (Å²) in [5, 5.41) is 7.97. The summed E-state index contributed by atoms with van der Waals surface area (Å²) in [6.07, 6.45) is 1.22. The molecule has 140 valence electrons. The number of rotatable bonds is 3. The number of benzene rings is 1. The van der Waals surface area contributed by atoms with Crippen molar-refractivity contribution >= 4 is 50.7 Å². The lowest BCUT2D eigenvalue weighted by Crippen LogP contribution is -2.41. The van der Waals surface area contributed by atoms with E-state index in [0.29, 0.717) is 47.4 Å². The molecule has 2 aromatic heterocycles. The largest absolute Gasteiger partial charge is 0.360 e. The van der Waals surface area contributed by atoms with Crippen molar-refractivity contribution in [2.75, 3.05) is 18.4 Å². The van der Waals surface area contributed by atoms with Crippen molar-refractivity contribution in [3.63, 3.8) is 0 Å². The first kappa shape index (κ1) is 18.0. The number of anilines is 1. The van der Waals surface area contributed by atoms with E-state index in [-0.39, 0.29) is 17.7 Å². The van der Waals surface area contributed by atoms with Gasteiger partial charge in [-0.25, -0.2) is 0 Å². The number of carbonyl (C=O) groups excluding carboxylic acids is 2. The summed E-state index contributed by atoms with van der Waals surface area (Å²) >= 11 is 7.84. The zero-order chi connectivity index (χ0) is 19.0. The van der Waals surface area contributed by atoms with Crippen LogP contribution in [0, 0.1) is 12.8 Å². The first-order chi connectivity index (χ1) is 13.0. The highest BCUT2D eigenvalue weighted by molar-refractivity contribution is 7.21. The van der Waals surface area contributed by atoms with Gasteiger partial charge in [0.2, 0.25) is 5.91 Å². The standard InChI is InChI=1S/C19H18ClN3O3S/c1-11-10-15(22-26-11)21-18(24)12-6-8-23(9-7-12)19(25)17-16(20)13-4-2-3-5-14(13)27-17/h2-5,10,12H,6-9H2,1H3,(H,21,22,24). The van der Waals surface area contributed by atoms with Crippen molar-refractivity contribution < 1.29 is 14.1 Å². The maximum Gasteiger partial charge on any atom is 0.265 e. The Labute approximate surface area is 165 Å². The van der Waals surface area contributed by atoms with Gasteiger partial charge in [0.1, 0.15) is 10.6 Å². The van der Waals surface area contributed by atoms with Gasteiger partial charge in [-0.15, -0.1) is 11.3 Å². The summed E-state index contributed by atoms with van der Waals surface area (Å²) in [6.45, 7) is 2.82. The van der Waals surface area contributed by atoms with E-state index in [4.69, 9.17) is 16.1 Å². The quantitative estimate of drug-likeness (QED) is 0.705. The van der Waals surface area contributed by atoms with E-state index in [2.05, 4.69) is 10.5 Å². The summed E-state index contributed by atoms with van der Waals surface area (Å²) in [5.74, 6) is 0.769. The van der Waals surface area contributed by atoms with E-state index < -0.39 is 0 Å². The minimum atomic E-state index is -0.149. The maximum atomic E-state index is 12.9. The van der Waals surface area contributed by atoms with Crippen molar-refractivity contribution in [2.24, 2.45) is 5.92 Å². The van der Waals surface area contributed by atoms with Gasteiger partial charge in [-0.1, -0.05) is 35.0 Å². The van der Waals surface area contributed by atoms with E-state index >= 15 is 0 Å². The Hall–Kier alpha value is -2.38. The fourth-order valence-electron chi connectivity index (χ4n) is 3.29. The van der Waals surface area contributed by atoms with Crippen molar-refractivity contribution in [3.8, 4) is 0 Å². The molecule has 27 heavy (non-hydrogen) atoms. The Balaban J connectivity index is 1.40. The number of fused-ring (bicyclic) bond motifs is 1. The topological polar surface area (TPSA) is 75.4 Å². The third-order valence-electron chi connectivity index (χ3n) is 4.76. The van der Waals surface area contributed by atoms with Crippen LogP contribution in [0.5, 0.6) is 0 Å². The molecule has 6 nitrogen and oxygen atoms in total. The molecule has 8 heteroatoms. The molecular formula is C19H18ClN3O3S. The first-order valence-electron chi connectivity index (χ1n) is 8.73. The average Bonchev–Trinajstić information content (AvgIpc) is 3.24. The molecule has 1 aromatic carbocycles. The lowest BCUT2D eigenvalue weighted by molar-refractivity contribution is -0.121. The molecule has 0 radical (unpaired) electrons. The molecule has 0 atom stereocenters. The van der Waals surface area contributed by atoms with Crippen molar-refractivity contribution in [1.82, 2.24) is 10.1 Å². The number of carbonyl (C=O) groups is 2. The number of aryl methyl sites for hydroxylation is 1. The van der Waals surface area contributed by atoms with Gasteiger partial charge in [-0.2, -0.15) is 0 Å². The van der Waals surface area contributed by atoms with Gasteiger partial charge in [-0.05, 0) is 25.8 Å². The monoisotopic (exact) mass is 403 g/mol. The third kappa shape index (κ3) is 3.57. The van der Waals surface area contributed by atoms with Gasteiger partial charge in [0.25, 0.3) is 5.91 Å². The minimum absolute atomic E-state index is 0.0628. The highest BCUT2D eigenvalue weighted by atomic mass is 35.5. The Morgan fingerprint density at radius 1 is 1.30 bits per heavy atom. The van der Waals surface area contributed by atoms with Crippen LogP contribution in [0.1, 0.15) is 28.3 Å². The van der Waals surface area contributed by atoms with Gasteiger partial charge in [0.15, 0.2) is 5.82 Å². The van der Waals surface area contributed by atoms with Crippen LogP contribution in [0.25, 0.3) is 10.1 Å². The van der Waals surface area contributed by atoms with Crippen LogP contribution in [-0.2, 0) is 4.79 Å². The van der Waals surface area contributed by atoms with E-state index in [1.54, 1.807) is 17.9 Å². The molecule has 3 heterocycles. The van der Waals surface area contributed by atoms with Gasteiger partial charge < -0.3 is 14.7 Å². The Morgan fingerprint density at radius 3 is 2.70 bits per heavy atom. The molecule has 3 aromatic rings. The normalized spacial score (nSPS) is 15.3. The summed E-state index contributed by atoms with van der Waals surface area (Å²) in [4.78, 5) is 27.6. The summed E-state index contributed by atoms with van der Waals surface area (Å²) < 4.78 is 5.96. The van der Waals surface area contributed by atoms with Gasteiger partial charge in [0.05, 0.1) is 5.02 Å². The highest BCUT2D eigenvalue weighted by Crippen LogP contribution is 2.36. The van der Waals surface area contributed by atoms with Crippen molar-refractivity contribution in [2.45, 2.75) is 19.8 Å². The number of thiophene rings is 1. The van der Waals surface area contributed by atoms with Crippen LogP contribution in [0.2, 0.25) is 5.02 Å². The number of aromatic nitrogens is 1. The van der Waals surface area contributed by atoms with Crippen molar-refractivity contribution in [1.29, 1.82) is 0 Å². The van der Waals surface area contributed by atoms with Crippen molar-refractivity contribution in [3.05, 3.63) is 46.0 Å². The van der Waals surface area contributed by atoms with Crippen LogP contribution >= 0.6 is 22.9 Å². The Morgan fingerprint density at radius 2 is 2.04 bits per heavy atom. The molecule has 2 amide bonds. The second kappa shape index (κ2) is 7.32. The Kier molecular flexibility index (Phi) is 4.88. The molecule has 1 aliphatic heterocycles. The Bertz CT molecular complexity index is 1000. The summed E-state index contributed by atoms with van der Waals surface area (Å²) in [5.41, 5.74) is 0. The summed E-state index contributed by atoms with van der Waals surface area (Å²) in [6, 6.07) is 9.41. The maximum absolute atomic E-state index is 12.9. The van der Waals surface area contributed by atoms with Gasteiger partial charge in [0, 0.05) is 35.2 Å². The first-order valence-corrected chi connectivity index (χ1v) is 9.93. The molecule has 0 aliphatic carbocycles. The summed E-state index contributed by atoms with van der Waals surface area (Å²) in [7, 11) is 0. The highest BCUT2D eigenvalue weighted by Gasteiger charge is 2.30. The predicted octanol–water partition coefficient (Wildman–Crippen LogP) is 4.34. The smallest absolute Gasteiger partial charge is 0.265 e. The van der Waals surface area contributed by atoms with E-state index in [1.165, 1.54) is 11.3 Å². The number of piperidine rings is 1. The predicted molar refractivity (Wildman–Crippen MR) is 105 cm³/mol. The molecule has 4 rings (SSSR count). The lowest BCUT2D eigenvalue weighted by Gasteiger charge is -2.31. The zero-order valence-corrected chi connectivity index (χ0v) is 16.3. The van der Waals surface area contributed by atoms with Crippen LogP contribution in [-0.4, -0.2) is 35.0 Å². The molecule has 1 aliphatic rings. The molecular weight excluding hydrogens is 386 g/mol. The molecule has 1 fully saturated rings. The number of amides is 2. The van der Waals surface area contributed by atoms with Crippen LogP contribution in [0.15, 0.2) is 34.9 Å². The molecule has 1 saturated heterocycles. The number of hydrogen-bond donors (Lipinski definition) is 1. The minimum Gasteiger partial charge on any atom is -0.360 e. The fourth-order valence-corrected chi connectivity index (χ4v) is 4.77. The van der Waals surface area contributed by atoms with Crippen LogP contribution in [0.4, 0.5) is 5.82 Å². The second-order valence-electron chi connectivity index (χ2n) is 6.62. The van der Waals surface area contributed by atoms with Crippen LogP contribution < -0.4 is 5.32 Å². The molecule has 0 spiro atoms. The SMILES string of the molecule is Cc1cc(NC(=O)C2CCN(C(=O)c3sc4ccccc4c3Cl)CC2)no1. The molecule has 1 N–H and O–H groups in total. The zero-order valence-electron chi connectivity index (χ0n) is 14.7. The van der Waals surface area contributed by atoms with Crippen LogP contribution in [0.3, 0.4) is 0 Å². The van der Waals surface area contributed by atoms with E-state index in [9.17, 15) is 9.59 Å². The number of likely N-dealkylation sites (tertiary alicyclic amines) is 1. The fraction of sp³-hybridized carbons (Fsp3) is 0.316. The number of halogens is 1. The molecule has 0 saturated carbocycles. The van der Waals surface area contributed by atoms with Gasteiger partial charge in [-0.3, -0.25) is 9.59 Å². The number of hydrogen-bond acceptors (Lipinski definition) is 5. The van der Waals surface area contributed by atoms with E-state index in [1.807, 2.05) is 24.3 Å². The average molecular weight is 404 g/mol. The number of nitrogens with one attached hydrogen (secondary N) is 1. The van der Waals surface area contributed by atoms with E-state index in [0.717, 1.165) is 10.1 Å². The molecule has 0 unspecified atom stereocenters. The lowest BCUT2D eigenvalue weighted by atomic mass is 9.96. The number of nitrogens with zero attached hydrogens (tertiary/aromatic N) is 2. The second-order valence-corrected chi connectivity index (χ2v) is 8.05.